The molecule has 1 aliphatic heterocycles. The summed E-state index contributed by atoms with van der Waals surface area (Å²) < 4.78 is 14.0. The van der Waals surface area contributed by atoms with Gasteiger partial charge in [-0.25, -0.2) is 0 Å². The lowest BCUT2D eigenvalue weighted by atomic mass is 10.3. The first kappa shape index (κ1) is 18.8. The molecule has 0 unspecified atom stereocenters. The number of anilines is 1. The molecule has 4 heteroatoms. The molecular weight excluding hydrogens is 360 g/mol. The molecule has 29 heavy (non-hydrogen) atoms. The maximum Gasteiger partial charge on any atom is 0.374 e. The summed E-state index contributed by atoms with van der Waals surface area (Å²) in [5, 5.41) is 0. The Labute approximate surface area is 171 Å². The molecule has 2 aromatic carbocycles. The van der Waals surface area contributed by atoms with Crippen molar-refractivity contribution >= 4 is 22.9 Å². The van der Waals surface area contributed by atoms with E-state index in [1.165, 1.54) is 0 Å². The minimum absolute atomic E-state index is 0.847. The van der Waals surface area contributed by atoms with E-state index in [0.29, 0.717) is 0 Å². The van der Waals surface area contributed by atoms with Crippen LogP contribution in [-0.2, 0) is 6.54 Å². The number of fused-ring (bicyclic) bond motifs is 2. The molecule has 0 fully saturated rings. The van der Waals surface area contributed by atoms with Crippen molar-refractivity contribution in [3.05, 3.63) is 96.8 Å². The Morgan fingerprint density at radius 3 is 2.52 bits per heavy atom. The van der Waals surface area contributed by atoms with Crippen LogP contribution in [0.1, 0.15) is 19.7 Å². The topological polar surface area (TPSA) is 29.5 Å². The Morgan fingerprint density at radius 1 is 0.897 bits per heavy atom. The second-order valence-electron chi connectivity index (χ2n) is 6.60. The van der Waals surface area contributed by atoms with E-state index in [1.54, 1.807) is 0 Å². The van der Waals surface area contributed by atoms with E-state index < -0.39 is 0 Å². The van der Waals surface area contributed by atoms with E-state index in [9.17, 15) is 0 Å². The Balaban J connectivity index is 1.41. The number of aryl methyl sites for hydroxylation is 1. The van der Waals surface area contributed by atoms with Crippen molar-refractivity contribution in [2.24, 2.45) is 0 Å². The Morgan fingerprint density at radius 2 is 1.66 bits per heavy atom. The van der Waals surface area contributed by atoms with Crippen molar-refractivity contribution in [1.29, 1.82) is 0 Å². The molecule has 0 spiro atoms. The summed E-state index contributed by atoms with van der Waals surface area (Å²) in [4.78, 5) is 2.16. The van der Waals surface area contributed by atoms with Gasteiger partial charge in [-0.05, 0) is 38.1 Å². The van der Waals surface area contributed by atoms with Crippen LogP contribution in [0.4, 0.5) is 5.69 Å². The van der Waals surface area contributed by atoms with Crippen molar-refractivity contribution in [3.63, 3.8) is 0 Å². The minimum atomic E-state index is 0.847. The Kier molecular flexibility index (Phi) is 5.61. The zero-order valence-corrected chi connectivity index (χ0v) is 16.8. The number of para-hydroxylation sites is 4. The van der Waals surface area contributed by atoms with Crippen LogP contribution in [0, 0.1) is 0 Å². The molecule has 0 radical (unpaired) electrons. The van der Waals surface area contributed by atoms with Crippen LogP contribution in [-0.4, -0.2) is 6.54 Å². The largest absolute Gasteiger partial charge is 0.439 e. The van der Waals surface area contributed by atoms with E-state index in [-0.39, 0.29) is 0 Å². The highest BCUT2D eigenvalue weighted by atomic mass is 16.5. The molecular formula is C25H25N2O2+. The lowest BCUT2D eigenvalue weighted by molar-refractivity contribution is -0.674. The maximum absolute atomic E-state index is 5.93. The van der Waals surface area contributed by atoms with Crippen LogP contribution in [0.2, 0.25) is 0 Å². The van der Waals surface area contributed by atoms with Crippen molar-refractivity contribution in [1.82, 2.24) is 0 Å². The van der Waals surface area contributed by atoms with E-state index in [2.05, 4.69) is 35.4 Å². The van der Waals surface area contributed by atoms with Gasteiger partial charge in [0, 0.05) is 12.6 Å². The number of hydrogen-bond acceptors (Lipinski definition) is 3. The first-order valence-corrected chi connectivity index (χ1v) is 9.99. The number of ether oxygens (including phenoxy) is 1. The van der Waals surface area contributed by atoms with Gasteiger partial charge in [0.15, 0.2) is 5.75 Å². The first-order valence-electron chi connectivity index (χ1n) is 9.99. The molecule has 1 aromatic heterocycles. The molecule has 0 saturated heterocycles. The standard InChI is InChI=1S/C25H25N2O2/c1-3-26-20-14-10-12-16-22(20)28-24(26)18-8-6-5-7-9-19-25-27(4-2)21-15-11-13-17-23(21)29-25/h5-19H,3-4H2,1-2H3/q+1. The highest BCUT2D eigenvalue weighted by Gasteiger charge is 2.23. The van der Waals surface area contributed by atoms with Gasteiger partial charge in [0.2, 0.25) is 11.5 Å². The van der Waals surface area contributed by atoms with Crippen molar-refractivity contribution < 1.29 is 13.7 Å². The summed E-state index contributed by atoms with van der Waals surface area (Å²) in [6, 6.07) is 16.2. The third-order valence-corrected chi connectivity index (χ3v) is 4.83. The van der Waals surface area contributed by atoms with Gasteiger partial charge in [-0.1, -0.05) is 54.6 Å². The molecule has 0 atom stereocenters. The number of nitrogens with zero attached hydrogens (tertiary/aromatic N) is 2. The van der Waals surface area contributed by atoms with E-state index in [0.717, 1.165) is 47.4 Å². The number of rotatable bonds is 6. The summed E-state index contributed by atoms with van der Waals surface area (Å²) >= 11 is 0. The Hall–Kier alpha value is -3.53. The van der Waals surface area contributed by atoms with Crippen LogP contribution in [0.15, 0.2) is 95.3 Å². The van der Waals surface area contributed by atoms with E-state index in [1.807, 2.05) is 78.9 Å². The molecule has 0 saturated carbocycles. The van der Waals surface area contributed by atoms with Gasteiger partial charge in [0.25, 0.3) is 5.52 Å². The first-order chi connectivity index (χ1) is 14.3. The fourth-order valence-electron chi connectivity index (χ4n) is 3.47. The summed E-state index contributed by atoms with van der Waals surface area (Å²) in [5.74, 6) is 2.60. The SMILES string of the molecule is CCN1\C(=C/C=C/C=C/C=C/c2oc3ccccc3[n+]2CC)Oc2ccccc21. The van der Waals surface area contributed by atoms with Crippen molar-refractivity contribution in [2.45, 2.75) is 20.4 Å². The number of benzene rings is 2. The van der Waals surface area contributed by atoms with Crippen LogP contribution in [0.5, 0.6) is 5.75 Å². The molecule has 4 rings (SSSR count). The number of oxazole rings is 1. The summed E-state index contributed by atoms with van der Waals surface area (Å²) in [5.41, 5.74) is 3.13. The Bertz CT molecular complexity index is 1120. The van der Waals surface area contributed by atoms with Gasteiger partial charge >= 0.3 is 5.89 Å². The quantitative estimate of drug-likeness (QED) is 0.407. The average molecular weight is 385 g/mol. The normalized spacial score (nSPS) is 15.4. The van der Waals surface area contributed by atoms with Crippen LogP contribution in [0.3, 0.4) is 0 Å². The summed E-state index contributed by atoms with van der Waals surface area (Å²) in [6.07, 6.45) is 13.9. The predicted octanol–water partition coefficient (Wildman–Crippen LogP) is 5.63. The fraction of sp³-hybridized carbons (Fsp3) is 0.160. The highest BCUT2D eigenvalue weighted by Crippen LogP contribution is 2.38. The van der Waals surface area contributed by atoms with Crippen LogP contribution >= 0.6 is 0 Å². The minimum Gasteiger partial charge on any atom is -0.439 e. The fourth-order valence-corrected chi connectivity index (χ4v) is 3.47. The summed E-state index contributed by atoms with van der Waals surface area (Å²) in [6.45, 7) is 5.97. The van der Waals surface area contributed by atoms with Gasteiger partial charge < -0.3 is 14.1 Å². The van der Waals surface area contributed by atoms with Gasteiger partial charge in [0.05, 0.1) is 11.8 Å². The third-order valence-electron chi connectivity index (χ3n) is 4.83. The van der Waals surface area contributed by atoms with E-state index in [4.69, 9.17) is 9.15 Å². The highest BCUT2D eigenvalue weighted by molar-refractivity contribution is 5.69. The van der Waals surface area contributed by atoms with Gasteiger partial charge in [-0.2, -0.15) is 4.57 Å². The molecule has 4 nitrogen and oxygen atoms in total. The molecule has 0 bridgehead atoms. The second-order valence-corrected chi connectivity index (χ2v) is 6.60. The number of aromatic nitrogens is 1. The maximum atomic E-state index is 5.93. The molecule has 2 heterocycles. The molecule has 0 N–H and O–H groups in total. The molecule has 0 amide bonds. The van der Waals surface area contributed by atoms with Crippen LogP contribution in [0.25, 0.3) is 17.2 Å². The smallest absolute Gasteiger partial charge is 0.374 e. The van der Waals surface area contributed by atoms with Crippen molar-refractivity contribution in [3.8, 4) is 5.75 Å². The molecule has 0 aliphatic carbocycles. The second kappa shape index (κ2) is 8.65. The van der Waals surface area contributed by atoms with Crippen LogP contribution < -0.4 is 14.2 Å². The molecule has 3 aromatic rings. The third kappa shape index (κ3) is 3.87. The molecule has 146 valence electrons. The average Bonchev–Trinajstić information content (AvgIpc) is 3.29. The number of hydrogen-bond donors (Lipinski definition) is 0. The lowest BCUT2D eigenvalue weighted by Crippen LogP contribution is -2.33. The van der Waals surface area contributed by atoms with E-state index >= 15 is 0 Å². The van der Waals surface area contributed by atoms with Gasteiger partial charge in [-0.15, -0.1) is 0 Å². The lowest BCUT2D eigenvalue weighted by Gasteiger charge is -2.14. The van der Waals surface area contributed by atoms with Crippen molar-refractivity contribution in [2.75, 3.05) is 11.4 Å². The van der Waals surface area contributed by atoms with Gasteiger partial charge in [-0.3, -0.25) is 0 Å². The monoisotopic (exact) mass is 385 g/mol. The number of allylic oxidation sites excluding steroid dienone is 6. The predicted molar refractivity (Wildman–Crippen MR) is 118 cm³/mol. The zero-order valence-electron chi connectivity index (χ0n) is 16.8. The molecule has 1 aliphatic rings. The summed E-state index contributed by atoms with van der Waals surface area (Å²) in [7, 11) is 0. The van der Waals surface area contributed by atoms with Gasteiger partial charge in [0.1, 0.15) is 6.54 Å². The zero-order chi connectivity index (χ0) is 20.1.